The van der Waals surface area contributed by atoms with E-state index in [1.807, 2.05) is 0 Å². The molecule has 0 amide bonds. The topological polar surface area (TPSA) is 72.6 Å². The monoisotopic (exact) mass is 309 g/mol. The van der Waals surface area contributed by atoms with Gasteiger partial charge in [0.25, 0.3) is 0 Å². The molecule has 0 fully saturated rings. The minimum absolute atomic E-state index is 0.0656. The van der Waals surface area contributed by atoms with Crippen LogP contribution in [-0.4, -0.2) is 10.0 Å². The van der Waals surface area contributed by atoms with Crippen molar-refractivity contribution in [3.63, 3.8) is 0 Å². The third-order valence-electron chi connectivity index (χ3n) is 2.20. The van der Waals surface area contributed by atoms with Crippen LogP contribution < -0.4 is 4.74 Å². The second kappa shape index (κ2) is 5.05. The number of nitro groups is 1. The Morgan fingerprint density at radius 3 is 2.56 bits per heavy atom. The molecule has 0 aromatic heterocycles. The highest BCUT2D eigenvalue weighted by molar-refractivity contribution is 9.10. The summed E-state index contributed by atoms with van der Waals surface area (Å²) in [7, 11) is 0. The SMILES string of the molecule is O=[N+]([O-])c1ccc(Br)cc1Oc1ccccc1O. The second-order valence-corrected chi connectivity index (χ2v) is 4.35. The summed E-state index contributed by atoms with van der Waals surface area (Å²) in [5.74, 6) is 0.154. The maximum atomic E-state index is 10.9. The molecule has 0 saturated heterocycles. The number of para-hydroxylation sites is 2. The Morgan fingerprint density at radius 2 is 1.89 bits per heavy atom. The highest BCUT2D eigenvalue weighted by Crippen LogP contribution is 2.36. The Labute approximate surface area is 111 Å². The molecule has 0 aliphatic carbocycles. The van der Waals surface area contributed by atoms with Gasteiger partial charge in [0, 0.05) is 16.6 Å². The number of ether oxygens (including phenoxy) is 1. The van der Waals surface area contributed by atoms with E-state index >= 15 is 0 Å². The van der Waals surface area contributed by atoms with Crippen molar-refractivity contribution >= 4 is 21.6 Å². The number of phenolic OH excluding ortho intramolecular Hbond substituents is 1. The predicted octanol–water partition coefficient (Wildman–Crippen LogP) is 3.86. The van der Waals surface area contributed by atoms with Crippen LogP contribution in [0.25, 0.3) is 0 Å². The molecule has 0 unspecified atom stereocenters. The van der Waals surface area contributed by atoms with Gasteiger partial charge in [-0.2, -0.15) is 0 Å². The van der Waals surface area contributed by atoms with Crippen LogP contribution in [0.2, 0.25) is 0 Å². The molecule has 0 aliphatic heterocycles. The molecule has 92 valence electrons. The number of nitrogens with zero attached hydrogens (tertiary/aromatic N) is 1. The number of hydrogen-bond donors (Lipinski definition) is 1. The summed E-state index contributed by atoms with van der Waals surface area (Å²) in [6, 6.07) is 10.6. The molecule has 0 heterocycles. The van der Waals surface area contributed by atoms with Crippen molar-refractivity contribution in [2.75, 3.05) is 0 Å². The fourth-order valence-electron chi connectivity index (χ4n) is 1.38. The van der Waals surface area contributed by atoms with Gasteiger partial charge in [0.05, 0.1) is 4.92 Å². The van der Waals surface area contributed by atoms with Crippen molar-refractivity contribution in [2.24, 2.45) is 0 Å². The van der Waals surface area contributed by atoms with E-state index in [4.69, 9.17) is 4.74 Å². The second-order valence-electron chi connectivity index (χ2n) is 3.44. The van der Waals surface area contributed by atoms with E-state index in [1.54, 1.807) is 18.2 Å². The van der Waals surface area contributed by atoms with Crippen LogP contribution in [0.1, 0.15) is 0 Å². The molecular formula is C12H8BrNO4. The molecule has 0 bridgehead atoms. The lowest BCUT2D eigenvalue weighted by Crippen LogP contribution is -1.93. The Bertz CT molecular complexity index is 600. The van der Waals surface area contributed by atoms with Gasteiger partial charge in [0.1, 0.15) is 0 Å². The Morgan fingerprint density at radius 1 is 1.17 bits per heavy atom. The summed E-state index contributed by atoms with van der Waals surface area (Å²) in [6.45, 7) is 0. The standard InChI is InChI=1S/C12H8BrNO4/c13-8-5-6-9(14(16)17)12(7-8)18-11-4-2-1-3-10(11)15/h1-7,15H. The first kappa shape index (κ1) is 12.4. The Kier molecular flexibility index (Phi) is 3.47. The lowest BCUT2D eigenvalue weighted by molar-refractivity contribution is -0.385. The third-order valence-corrected chi connectivity index (χ3v) is 2.70. The summed E-state index contributed by atoms with van der Waals surface area (Å²) < 4.78 is 6.01. The average molecular weight is 310 g/mol. The summed E-state index contributed by atoms with van der Waals surface area (Å²) in [5.41, 5.74) is -0.165. The van der Waals surface area contributed by atoms with Gasteiger partial charge in [-0.1, -0.05) is 28.1 Å². The van der Waals surface area contributed by atoms with Crippen LogP contribution in [0.5, 0.6) is 17.2 Å². The smallest absolute Gasteiger partial charge is 0.311 e. The zero-order valence-electron chi connectivity index (χ0n) is 9.04. The number of aromatic hydroxyl groups is 1. The fraction of sp³-hybridized carbons (Fsp3) is 0. The zero-order chi connectivity index (χ0) is 13.1. The van der Waals surface area contributed by atoms with Gasteiger partial charge in [-0.15, -0.1) is 0 Å². The van der Waals surface area contributed by atoms with Crippen molar-refractivity contribution in [3.05, 3.63) is 57.1 Å². The largest absolute Gasteiger partial charge is 0.504 e. The lowest BCUT2D eigenvalue weighted by Gasteiger charge is -2.07. The van der Waals surface area contributed by atoms with Gasteiger partial charge in [-0.3, -0.25) is 10.1 Å². The number of phenols is 1. The molecule has 6 heteroatoms. The fourth-order valence-corrected chi connectivity index (χ4v) is 1.72. The third kappa shape index (κ3) is 2.60. The molecule has 0 saturated carbocycles. The van der Waals surface area contributed by atoms with Crippen molar-refractivity contribution in [1.29, 1.82) is 0 Å². The zero-order valence-corrected chi connectivity index (χ0v) is 10.6. The first-order valence-electron chi connectivity index (χ1n) is 4.97. The van der Waals surface area contributed by atoms with Crippen LogP contribution in [-0.2, 0) is 0 Å². The highest BCUT2D eigenvalue weighted by Gasteiger charge is 2.17. The van der Waals surface area contributed by atoms with Crippen molar-refractivity contribution in [1.82, 2.24) is 0 Å². The van der Waals surface area contributed by atoms with E-state index in [-0.39, 0.29) is 22.9 Å². The molecule has 0 aliphatic rings. The molecule has 2 aromatic rings. The number of halogens is 1. The summed E-state index contributed by atoms with van der Waals surface area (Å²) in [4.78, 5) is 10.3. The maximum Gasteiger partial charge on any atom is 0.311 e. The van der Waals surface area contributed by atoms with Crippen molar-refractivity contribution in [3.8, 4) is 17.2 Å². The quantitative estimate of drug-likeness (QED) is 0.690. The molecular weight excluding hydrogens is 302 g/mol. The summed E-state index contributed by atoms with van der Waals surface area (Å²) in [5, 5.41) is 20.4. The van der Waals surface area contributed by atoms with E-state index in [9.17, 15) is 15.2 Å². The van der Waals surface area contributed by atoms with Crippen LogP contribution >= 0.6 is 15.9 Å². The Hall–Kier alpha value is -2.08. The molecule has 0 radical (unpaired) electrons. The van der Waals surface area contributed by atoms with Crippen LogP contribution in [0.4, 0.5) is 5.69 Å². The van der Waals surface area contributed by atoms with E-state index in [0.717, 1.165) is 0 Å². The molecule has 2 aromatic carbocycles. The predicted molar refractivity (Wildman–Crippen MR) is 69.0 cm³/mol. The molecule has 5 nitrogen and oxygen atoms in total. The van der Waals surface area contributed by atoms with Gasteiger partial charge < -0.3 is 9.84 Å². The van der Waals surface area contributed by atoms with E-state index in [1.165, 1.54) is 24.3 Å². The first-order chi connectivity index (χ1) is 8.58. The average Bonchev–Trinajstić information content (AvgIpc) is 2.32. The first-order valence-corrected chi connectivity index (χ1v) is 5.77. The molecule has 18 heavy (non-hydrogen) atoms. The van der Waals surface area contributed by atoms with E-state index < -0.39 is 4.92 Å². The van der Waals surface area contributed by atoms with E-state index in [0.29, 0.717) is 4.47 Å². The summed E-state index contributed by atoms with van der Waals surface area (Å²) in [6.07, 6.45) is 0. The number of benzene rings is 2. The summed E-state index contributed by atoms with van der Waals surface area (Å²) >= 11 is 3.21. The van der Waals surface area contributed by atoms with Gasteiger partial charge >= 0.3 is 5.69 Å². The van der Waals surface area contributed by atoms with Gasteiger partial charge in [-0.05, 0) is 18.2 Å². The van der Waals surface area contributed by atoms with Crippen LogP contribution in [0, 0.1) is 10.1 Å². The van der Waals surface area contributed by atoms with Crippen molar-refractivity contribution < 1.29 is 14.8 Å². The minimum Gasteiger partial charge on any atom is -0.504 e. The van der Waals surface area contributed by atoms with Crippen molar-refractivity contribution in [2.45, 2.75) is 0 Å². The van der Waals surface area contributed by atoms with Crippen LogP contribution in [0.3, 0.4) is 0 Å². The number of hydrogen-bond acceptors (Lipinski definition) is 4. The molecule has 1 N–H and O–H groups in total. The van der Waals surface area contributed by atoms with Crippen LogP contribution in [0.15, 0.2) is 46.9 Å². The van der Waals surface area contributed by atoms with Gasteiger partial charge in [-0.25, -0.2) is 0 Å². The number of nitro benzene ring substituents is 1. The Balaban J connectivity index is 2.42. The number of rotatable bonds is 3. The minimum atomic E-state index is -0.540. The molecule has 2 rings (SSSR count). The van der Waals surface area contributed by atoms with Gasteiger partial charge in [0.15, 0.2) is 11.5 Å². The van der Waals surface area contributed by atoms with E-state index in [2.05, 4.69) is 15.9 Å². The highest BCUT2D eigenvalue weighted by atomic mass is 79.9. The normalized spacial score (nSPS) is 10.1. The maximum absolute atomic E-state index is 10.9. The molecule has 0 atom stereocenters. The van der Waals surface area contributed by atoms with Gasteiger partial charge in [0.2, 0.25) is 5.75 Å². The molecule has 0 spiro atoms. The lowest BCUT2D eigenvalue weighted by atomic mass is 10.3.